The Morgan fingerprint density at radius 3 is 2.54 bits per heavy atom. The number of halogens is 3. The van der Waals surface area contributed by atoms with Crippen molar-refractivity contribution in [1.29, 1.82) is 0 Å². The zero-order chi connectivity index (χ0) is 20.5. The molecule has 0 unspecified atom stereocenters. The molecular formula is C18H15F3N2O5. The predicted octanol–water partition coefficient (Wildman–Crippen LogP) is 3.20. The van der Waals surface area contributed by atoms with E-state index in [4.69, 9.17) is 19.9 Å². The van der Waals surface area contributed by atoms with E-state index < -0.39 is 35.4 Å². The van der Waals surface area contributed by atoms with Crippen molar-refractivity contribution < 1.29 is 37.0 Å². The van der Waals surface area contributed by atoms with Crippen LogP contribution in [-0.2, 0) is 15.7 Å². The van der Waals surface area contributed by atoms with Gasteiger partial charge in [-0.25, -0.2) is 4.79 Å². The maximum atomic E-state index is 12.7. The van der Waals surface area contributed by atoms with Crippen LogP contribution in [0.1, 0.15) is 22.8 Å². The maximum absolute atomic E-state index is 12.7. The fourth-order valence-electron chi connectivity index (χ4n) is 2.42. The molecule has 0 bridgehead atoms. The Bertz CT molecular complexity index is 930. The molecule has 10 heteroatoms. The van der Waals surface area contributed by atoms with Gasteiger partial charge in [-0.1, -0.05) is 0 Å². The quantitative estimate of drug-likeness (QED) is 0.608. The van der Waals surface area contributed by atoms with Crippen molar-refractivity contribution in [2.75, 3.05) is 17.8 Å². The molecule has 0 aliphatic carbocycles. The molecule has 1 aliphatic heterocycles. The fraction of sp³-hybridized carbons (Fsp3) is 0.222. The molecule has 2 aromatic rings. The van der Waals surface area contributed by atoms with E-state index in [0.717, 1.165) is 6.07 Å². The largest absolute Gasteiger partial charge is 0.454 e. The standard InChI is InChI=1S/C18H15F3N2O5/c1-9(16(24)23-11-3-5-14-15(7-11)27-8-26-14)28-17(25)12-4-2-10(6-13(12)22)18(19,20)21/h2-7,9H,8,22H2,1H3,(H,23,24)/t9-/m1/s1. The van der Waals surface area contributed by atoms with Crippen LogP contribution in [0.5, 0.6) is 11.5 Å². The minimum atomic E-state index is -4.59. The number of carbonyl (C=O) groups is 2. The molecular weight excluding hydrogens is 381 g/mol. The zero-order valence-electron chi connectivity index (χ0n) is 14.5. The summed E-state index contributed by atoms with van der Waals surface area (Å²) in [6, 6.07) is 6.98. The minimum Gasteiger partial charge on any atom is -0.454 e. The SMILES string of the molecule is C[C@@H](OC(=O)c1ccc(C(F)(F)F)cc1N)C(=O)Nc1ccc2c(c1)OCO2. The Kier molecular flexibility index (Phi) is 5.04. The van der Waals surface area contributed by atoms with E-state index in [1.807, 2.05) is 0 Å². The van der Waals surface area contributed by atoms with Gasteiger partial charge in [-0.15, -0.1) is 0 Å². The molecule has 0 saturated carbocycles. The number of nitrogens with two attached hydrogens (primary N) is 1. The third kappa shape index (κ3) is 4.11. The van der Waals surface area contributed by atoms with E-state index in [0.29, 0.717) is 29.3 Å². The van der Waals surface area contributed by atoms with Gasteiger partial charge in [0.2, 0.25) is 6.79 Å². The minimum absolute atomic E-state index is 0.0787. The maximum Gasteiger partial charge on any atom is 0.416 e. The lowest BCUT2D eigenvalue weighted by Crippen LogP contribution is -2.30. The van der Waals surface area contributed by atoms with Crippen molar-refractivity contribution in [2.24, 2.45) is 0 Å². The Hall–Kier alpha value is -3.43. The Balaban J connectivity index is 1.64. The van der Waals surface area contributed by atoms with E-state index in [1.54, 1.807) is 18.2 Å². The van der Waals surface area contributed by atoms with Crippen LogP contribution in [0.25, 0.3) is 0 Å². The van der Waals surface area contributed by atoms with Crippen LogP contribution >= 0.6 is 0 Å². The number of hydrogen-bond donors (Lipinski definition) is 2. The van der Waals surface area contributed by atoms with Crippen molar-refractivity contribution in [3.63, 3.8) is 0 Å². The number of ether oxygens (including phenoxy) is 3. The highest BCUT2D eigenvalue weighted by atomic mass is 19.4. The molecule has 7 nitrogen and oxygen atoms in total. The second-order valence-corrected chi connectivity index (χ2v) is 5.90. The number of alkyl halides is 3. The number of esters is 1. The first-order valence-corrected chi connectivity index (χ1v) is 8.03. The van der Waals surface area contributed by atoms with Crippen LogP contribution in [0.3, 0.4) is 0 Å². The highest BCUT2D eigenvalue weighted by molar-refractivity contribution is 5.99. The smallest absolute Gasteiger partial charge is 0.416 e. The van der Waals surface area contributed by atoms with E-state index in [-0.39, 0.29) is 12.4 Å². The number of rotatable bonds is 4. The molecule has 148 valence electrons. The molecule has 0 aromatic heterocycles. The van der Waals surface area contributed by atoms with Crippen LogP contribution in [-0.4, -0.2) is 24.8 Å². The second-order valence-electron chi connectivity index (χ2n) is 5.90. The number of nitrogen functional groups attached to an aromatic ring is 1. The molecule has 1 heterocycles. The van der Waals surface area contributed by atoms with E-state index in [2.05, 4.69) is 5.32 Å². The van der Waals surface area contributed by atoms with Gasteiger partial charge in [0, 0.05) is 17.4 Å². The van der Waals surface area contributed by atoms with Crippen molar-refractivity contribution in [2.45, 2.75) is 19.2 Å². The third-order valence-electron chi connectivity index (χ3n) is 3.89. The van der Waals surface area contributed by atoms with Gasteiger partial charge < -0.3 is 25.3 Å². The van der Waals surface area contributed by atoms with Crippen LogP contribution in [0.4, 0.5) is 24.5 Å². The van der Waals surface area contributed by atoms with Gasteiger partial charge in [0.15, 0.2) is 17.6 Å². The summed E-state index contributed by atoms with van der Waals surface area (Å²) in [6.45, 7) is 1.40. The number of amides is 1. The molecule has 0 radical (unpaired) electrons. The molecule has 0 fully saturated rings. The van der Waals surface area contributed by atoms with Crippen molar-refractivity contribution in [1.82, 2.24) is 0 Å². The summed E-state index contributed by atoms with van der Waals surface area (Å²) in [5.41, 5.74) is 4.26. The lowest BCUT2D eigenvalue weighted by Gasteiger charge is -2.15. The Labute approximate surface area is 157 Å². The summed E-state index contributed by atoms with van der Waals surface area (Å²) in [5.74, 6) is -0.660. The number of carbonyl (C=O) groups excluding carboxylic acids is 2. The first kappa shape index (κ1) is 19.3. The normalized spacial score (nSPS) is 13.7. The van der Waals surface area contributed by atoms with Crippen LogP contribution in [0.2, 0.25) is 0 Å². The van der Waals surface area contributed by atoms with Gasteiger partial charge in [0.1, 0.15) is 0 Å². The number of benzene rings is 2. The Morgan fingerprint density at radius 2 is 1.86 bits per heavy atom. The lowest BCUT2D eigenvalue weighted by atomic mass is 10.1. The first-order valence-electron chi connectivity index (χ1n) is 8.03. The summed E-state index contributed by atoms with van der Waals surface area (Å²) in [7, 11) is 0. The van der Waals surface area contributed by atoms with Gasteiger partial charge in [-0.2, -0.15) is 13.2 Å². The molecule has 0 saturated heterocycles. The highest BCUT2D eigenvalue weighted by Crippen LogP contribution is 2.34. The highest BCUT2D eigenvalue weighted by Gasteiger charge is 2.31. The van der Waals surface area contributed by atoms with Gasteiger partial charge in [-0.3, -0.25) is 4.79 Å². The molecule has 28 heavy (non-hydrogen) atoms. The van der Waals surface area contributed by atoms with Gasteiger partial charge in [0.25, 0.3) is 5.91 Å². The third-order valence-corrected chi connectivity index (χ3v) is 3.89. The number of fused-ring (bicyclic) bond motifs is 1. The van der Waals surface area contributed by atoms with Gasteiger partial charge in [-0.05, 0) is 37.3 Å². The monoisotopic (exact) mass is 396 g/mol. The number of hydrogen-bond acceptors (Lipinski definition) is 6. The summed E-state index contributed by atoms with van der Waals surface area (Å²) >= 11 is 0. The lowest BCUT2D eigenvalue weighted by molar-refractivity contribution is -0.137. The average molecular weight is 396 g/mol. The summed E-state index contributed by atoms with van der Waals surface area (Å²) in [6.07, 6.45) is -5.81. The summed E-state index contributed by atoms with van der Waals surface area (Å²) in [4.78, 5) is 24.4. The molecule has 3 N–H and O–H groups in total. The average Bonchev–Trinajstić information content (AvgIpc) is 3.08. The molecule has 0 spiro atoms. The molecule has 1 aliphatic rings. The van der Waals surface area contributed by atoms with E-state index in [1.165, 1.54) is 6.92 Å². The van der Waals surface area contributed by atoms with E-state index in [9.17, 15) is 22.8 Å². The zero-order valence-corrected chi connectivity index (χ0v) is 14.5. The van der Waals surface area contributed by atoms with Crippen molar-refractivity contribution >= 4 is 23.3 Å². The topological polar surface area (TPSA) is 99.9 Å². The predicted molar refractivity (Wildman–Crippen MR) is 91.9 cm³/mol. The summed E-state index contributed by atoms with van der Waals surface area (Å²) < 4.78 is 53.4. The van der Waals surface area contributed by atoms with Crippen LogP contribution in [0.15, 0.2) is 36.4 Å². The van der Waals surface area contributed by atoms with Gasteiger partial charge >= 0.3 is 12.1 Å². The fourth-order valence-corrected chi connectivity index (χ4v) is 2.42. The summed E-state index contributed by atoms with van der Waals surface area (Å²) in [5, 5.41) is 2.54. The molecule has 1 atom stereocenters. The van der Waals surface area contributed by atoms with Crippen molar-refractivity contribution in [3.05, 3.63) is 47.5 Å². The van der Waals surface area contributed by atoms with E-state index >= 15 is 0 Å². The Morgan fingerprint density at radius 1 is 1.14 bits per heavy atom. The second kappa shape index (κ2) is 7.29. The number of anilines is 2. The van der Waals surface area contributed by atoms with Crippen LogP contribution < -0.4 is 20.5 Å². The molecule has 3 rings (SSSR count). The molecule has 1 amide bonds. The number of nitrogens with one attached hydrogen (secondary N) is 1. The van der Waals surface area contributed by atoms with Crippen LogP contribution in [0, 0.1) is 0 Å². The first-order chi connectivity index (χ1) is 13.1. The molecule has 2 aromatic carbocycles. The van der Waals surface area contributed by atoms with Crippen molar-refractivity contribution in [3.8, 4) is 11.5 Å². The van der Waals surface area contributed by atoms with Gasteiger partial charge in [0.05, 0.1) is 11.1 Å².